The van der Waals surface area contributed by atoms with Crippen LogP contribution >= 0.6 is 0 Å². The van der Waals surface area contributed by atoms with Crippen molar-refractivity contribution >= 4 is 23.7 Å². The monoisotopic (exact) mass is 351 g/mol. The first-order chi connectivity index (χ1) is 12.3. The number of nitrogens with zero attached hydrogens (tertiary/aromatic N) is 1. The van der Waals surface area contributed by atoms with Crippen molar-refractivity contribution < 1.29 is 9.59 Å². The quantitative estimate of drug-likeness (QED) is 0.614. The molecule has 0 spiro atoms. The minimum Gasteiger partial charge on any atom is -0.326 e. The first-order valence-electron chi connectivity index (χ1n) is 8.61. The van der Waals surface area contributed by atoms with Gasteiger partial charge in [-0.15, -0.1) is 0 Å². The summed E-state index contributed by atoms with van der Waals surface area (Å²) in [6.45, 7) is 7.96. The van der Waals surface area contributed by atoms with Gasteiger partial charge in [0.25, 0.3) is 0 Å². The second-order valence-corrected chi connectivity index (χ2v) is 6.52. The van der Waals surface area contributed by atoms with Gasteiger partial charge < -0.3 is 5.32 Å². The van der Waals surface area contributed by atoms with E-state index in [1.54, 1.807) is 6.21 Å². The first-order valence-corrected chi connectivity index (χ1v) is 8.61. The van der Waals surface area contributed by atoms with Crippen LogP contribution in [-0.4, -0.2) is 18.0 Å². The minimum absolute atomic E-state index is 0.0843. The third-order valence-electron chi connectivity index (χ3n) is 4.05. The lowest BCUT2D eigenvalue weighted by atomic mass is 10.1. The number of rotatable bonds is 6. The lowest BCUT2D eigenvalue weighted by Crippen LogP contribution is -2.21. The Bertz CT molecular complexity index is 841. The van der Waals surface area contributed by atoms with Crippen molar-refractivity contribution in [2.24, 2.45) is 5.10 Å². The van der Waals surface area contributed by atoms with E-state index in [-0.39, 0.29) is 24.7 Å². The number of aryl methyl sites for hydroxylation is 4. The van der Waals surface area contributed by atoms with Gasteiger partial charge in [-0.25, -0.2) is 5.43 Å². The van der Waals surface area contributed by atoms with Crippen LogP contribution in [0.25, 0.3) is 0 Å². The van der Waals surface area contributed by atoms with E-state index >= 15 is 0 Å². The van der Waals surface area contributed by atoms with Crippen molar-refractivity contribution in [1.82, 2.24) is 5.43 Å². The van der Waals surface area contributed by atoms with E-state index in [2.05, 4.69) is 21.9 Å². The molecule has 0 saturated heterocycles. The van der Waals surface area contributed by atoms with Crippen LogP contribution in [0.5, 0.6) is 0 Å². The summed E-state index contributed by atoms with van der Waals surface area (Å²) in [5, 5.41) is 6.79. The molecule has 2 rings (SSSR count). The summed E-state index contributed by atoms with van der Waals surface area (Å²) in [6, 6.07) is 11.8. The van der Waals surface area contributed by atoms with Gasteiger partial charge in [0.2, 0.25) is 11.8 Å². The zero-order chi connectivity index (χ0) is 19.1. The molecule has 5 nitrogen and oxygen atoms in total. The molecule has 0 fully saturated rings. The summed E-state index contributed by atoms with van der Waals surface area (Å²) in [4.78, 5) is 23.8. The van der Waals surface area contributed by atoms with Crippen LogP contribution in [0.15, 0.2) is 41.5 Å². The van der Waals surface area contributed by atoms with Crippen molar-refractivity contribution in [1.29, 1.82) is 0 Å². The lowest BCUT2D eigenvalue weighted by Gasteiger charge is -2.08. The van der Waals surface area contributed by atoms with Crippen LogP contribution in [0.4, 0.5) is 5.69 Å². The highest BCUT2D eigenvalue weighted by Gasteiger charge is 2.08. The number of anilines is 1. The number of nitrogens with one attached hydrogen (secondary N) is 2. The molecule has 0 radical (unpaired) electrons. The molecule has 0 aliphatic rings. The highest BCUT2D eigenvalue weighted by Crippen LogP contribution is 2.16. The number of benzene rings is 2. The van der Waals surface area contributed by atoms with Crippen LogP contribution in [-0.2, 0) is 9.59 Å². The Hall–Kier alpha value is -2.95. The Kier molecular flexibility index (Phi) is 6.67. The second kappa shape index (κ2) is 8.94. The van der Waals surface area contributed by atoms with Gasteiger partial charge in [-0.05, 0) is 50.5 Å². The topological polar surface area (TPSA) is 70.6 Å². The van der Waals surface area contributed by atoms with E-state index in [1.807, 2.05) is 58.0 Å². The Morgan fingerprint density at radius 1 is 0.885 bits per heavy atom. The molecule has 26 heavy (non-hydrogen) atoms. The van der Waals surface area contributed by atoms with Gasteiger partial charge in [-0.1, -0.05) is 41.5 Å². The molecule has 2 N–H and O–H groups in total. The van der Waals surface area contributed by atoms with Gasteiger partial charge in [0.15, 0.2) is 0 Å². The van der Waals surface area contributed by atoms with Gasteiger partial charge in [-0.2, -0.15) is 5.10 Å². The van der Waals surface area contributed by atoms with E-state index in [4.69, 9.17) is 0 Å². The average molecular weight is 351 g/mol. The van der Waals surface area contributed by atoms with E-state index in [0.29, 0.717) is 0 Å². The smallest absolute Gasteiger partial charge is 0.240 e. The highest BCUT2D eigenvalue weighted by atomic mass is 16.2. The fraction of sp³-hybridized carbons (Fsp3) is 0.286. The molecule has 0 aliphatic carbocycles. The van der Waals surface area contributed by atoms with Crippen LogP contribution in [0.1, 0.15) is 40.7 Å². The predicted molar refractivity (Wildman–Crippen MR) is 105 cm³/mol. The van der Waals surface area contributed by atoms with Gasteiger partial charge in [-0.3, -0.25) is 9.59 Å². The van der Waals surface area contributed by atoms with Gasteiger partial charge in [0.05, 0.1) is 6.21 Å². The zero-order valence-electron chi connectivity index (χ0n) is 15.7. The highest BCUT2D eigenvalue weighted by molar-refractivity contribution is 5.94. The normalized spacial score (nSPS) is 10.8. The molecule has 0 atom stereocenters. The van der Waals surface area contributed by atoms with E-state index in [1.165, 1.54) is 5.56 Å². The maximum absolute atomic E-state index is 12.0. The predicted octanol–water partition coefficient (Wildman–Crippen LogP) is 3.79. The summed E-state index contributed by atoms with van der Waals surface area (Å²) in [5.41, 5.74) is 8.60. The fourth-order valence-corrected chi connectivity index (χ4v) is 2.59. The molecule has 2 aromatic rings. The molecule has 0 unspecified atom stereocenters. The fourth-order valence-electron chi connectivity index (χ4n) is 2.59. The maximum Gasteiger partial charge on any atom is 0.240 e. The van der Waals surface area contributed by atoms with Crippen molar-refractivity contribution in [2.45, 2.75) is 40.5 Å². The van der Waals surface area contributed by atoms with Gasteiger partial charge in [0, 0.05) is 18.5 Å². The third-order valence-corrected chi connectivity index (χ3v) is 4.05. The number of amides is 2. The molecule has 2 aromatic carbocycles. The van der Waals surface area contributed by atoms with Gasteiger partial charge >= 0.3 is 0 Å². The number of hydrazone groups is 1. The summed E-state index contributed by atoms with van der Waals surface area (Å²) < 4.78 is 0. The Morgan fingerprint density at radius 2 is 1.50 bits per heavy atom. The molecular formula is C21H25N3O2. The number of hydrogen-bond donors (Lipinski definition) is 2. The minimum atomic E-state index is -0.290. The number of hydrogen-bond acceptors (Lipinski definition) is 3. The molecule has 0 saturated carbocycles. The van der Waals surface area contributed by atoms with E-state index in [0.717, 1.165) is 27.9 Å². The van der Waals surface area contributed by atoms with Crippen LogP contribution < -0.4 is 10.7 Å². The molecule has 0 aliphatic heterocycles. The first kappa shape index (κ1) is 19.4. The van der Waals surface area contributed by atoms with Crippen LogP contribution in [0.2, 0.25) is 0 Å². The Morgan fingerprint density at radius 3 is 2.15 bits per heavy atom. The molecule has 0 aromatic heterocycles. The van der Waals surface area contributed by atoms with Crippen LogP contribution in [0.3, 0.4) is 0 Å². The standard InChI is InChI=1S/C21H25N3O2/c1-14-5-7-18(16(3)11-14)13-22-24-21(26)10-9-20(25)23-19-8-6-15(2)12-17(19)4/h5-8,11-13H,9-10H2,1-4H3,(H,23,25)(H,24,26)/b22-13+. The summed E-state index contributed by atoms with van der Waals surface area (Å²) in [5.74, 6) is -0.479. The Labute approximate surface area is 154 Å². The van der Waals surface area contributed by atoms with Crippen molar-refractivity contribution in [2.75, 3.05) is 5.32 Å². The van der Waals surface area contributed by atoms with Crippen molar-refractivity contribution in [3.63, 3.8) is 0 Å². The van der Waals surface area contributed by atoms with Crippen LogP contribution in [0, 0.1) is 27.7 Å². The molecule has 5 heteroatoms. The number of carbonyl (C=O) groups excluding carboxylic acids is 2. The number of carbonyl (C=O) groups is 2. The third kappa shape index (κ3) is 5.84. The summed E-state index contributed by atoms with van der Waals surface area (Å²) in [7, 11) is 0. The van der Waals surface area contributed by atoms with E-state index < -0.39 is 0 Å². The Balaban J connectivity index is 1.79. The van der Waals surface area contributed by atoms with Gasteiger partial charge in [0.1, 0.15) is 0 Å². The summed E-state index contributed by atoms with van der Waals surface area (Å²) >= 11 is 0. The second-order valence-electron chi connectivity index (χ2n) is 6.52. The van der Waals surface area contributed by atoms with Crippen molar-refractivity contribution in [3.05, 3.63) is 64.2 Å². The molecule has 2 amide bonds. The maximum atomic E-state index is 12.0. The summed E-state index contributed by atoms with van der Waals surface area (Å²) in [6.07, 6.45) is 1.81. The SMILES string of the molecule is Cc1ccc(/C=N/NC(=O)CCC(=O)Nc2ccc(C)cc2C)c(C)c1. The molecule has 136 valence electrons. The largest absolute Gasteiger partial charge is 0.326 e. The molecular weight excluding hydrogens is 326 g/mol. The average Bonchev–Trinajstić information content (AvgIpc) is 2.57. The lowest BCUT2D eigenvalue weighted by molar-refractivity contribution is -0.124. The van der Waals surface area contributed by atoms with E-state index in [9.17, 15) is 9.59 Å². The van der Waals surface area contributed by atoms with Crippen molar-refractivity contribution in [3.8, 4) is 0 Å². The molecule has 0 heterocycles. The zero-order valence-corrected chi connectivity index (χ0v) is 15.7. The molecule has 0 bridgehead atoms.